The second-order valence-electron chi connectivity index (χ2n) is 12.6. The molecular formula is C41H70NO9P. The van der Waals surface area contributed by atoms with Crippen LogP contribution in [-0.4, -0.2) is 60.5 Å². The highest BCUT2D eigenvalue weighted by molar-refractivity contribution is 7.47. The van der Waals surface area contributed by atoms with Crippen LogP contribution in [0.15, 0.2) is 72.9 Å². The number of hydrogen-bond donors (Lipinski definition) is 3. The molecule has 0 saturated heterocycles. The van der Waals surface area contributed by atoms with Gasteiger partial charge in [0.05, 0.1) is 19.3 Å². The third kappa shape index (κ3) is 35.8. The maximum atomic E-state index is 12.5. The van der Waals surface area contributed by atoms with Gasteiger partial charge in [-0.25, -0.2) is 4.57 Å². The molecule has 0 spiro atoms. The van der Waals surface area contributed by atoms with Crippen LogP contribution in [0.5, 0.6) is 0 Å². The Morgan fingerprint density at radius 1 is 0.692 bits per heavy atom. The molecule has 0 heterocycles. The average molecular weight is 752 g/mol. The predicted octanol–water partition coefficient (Wildman–Crippen LogP) is 9.68. The van der Waals surface area contributed by atoms with Gasteiger partial charge in [-0.15, -0.1) is 0 Å². The number of ether oxygens (including phenoxy) is 2. The molecule has 0 fully saturated rings. The third-order valence-corrected chi connectivity index (χ3v) is 8.68. The lowest BCUT2D eigenvalue weighted by molar-refractivity contribution is -0.161. The number of esters is 2. The number of rotatable bonds is 35. The molecule has 2 unspecified atom stereocenters. The zero-order valence-electron chi connectivity index (χ0n) is 32.1. The first kappa shape index (κ1) is 49.4. The largest absolute Gasteiger partial charge is 0.472 e. The molecule has 10 nitrogen and oxygen atoms in total. The molecule has 0 saturated carbocycles. The van der Waals surface area contributed by atoms with Crippen LogP contribution < -0.4 is 5.73 Å². The van der Waals surface area contributed by atoms with Gasteiger partial charge < -0.3 is 25.2 Å². The molecule has 52 heavy (non-hydrogen) atoms. The highest BCUT2D eigenvalue weighted by atomic mass is 31.2. The van der Waals surface area contributed by atoms with Crippen molar-refractivity contribution >= 4 is 19.8 Å². The van der Waals surface area contributed by atoms with Crippen LogP contribution in [0, 0.1) is 0 Å². The average Bonchev–Trinajstić information content (AvgIpc) is 3.12. The normalized spacial score (nSPS) is 14.8. The Bertz CT molecular complexity index is 1100. The minimum Gasteiger partial charge on any atom is -0.462 e. The summed E-state index contributed by atoms with van der Waals surface area (Å²) >= 11 is 0. The molecule has 11 heteroatoms. The number of carbonyl (C=O) groups excluding carboxylic acids is 2. The monoisotopic (exact) mass is 751 g/mol. The van der Waals surface area contributed by atoms with Gasteiger partial charge in [-0.05, 0) is 44.9 Å². The summed E-state index contributed by atoms with van der Waals surface area (Å²) in [6, 6.07) is 0. The fourth-order valence-corrected chi connectivity index (χ4v) is 5.57. The molecule has 0 aliphatic rings. The fraction of sp³-hybridized carbons (Fsp3) is 0.659. The van der Waals surface area contributed by atoms with E-state index in [1.807, 2.05) is 48.6 Å². The van der Waals surface area contributed by atoms with Gasteiger partial charge in [-0.2, -0.15) is 0 Å². The number of nitrogens with two attached hydrogens (primary N) is 1. The van der Waals surface area contributed by atoms with Crippen LogP contribution in [0.25, 0.3) is 0 Å². The lowest BCUT2D eigenvalue weighted by atomic mass is 10.1. The number of phosphoric ester groups is 1. The Morgan fingerprint density at radius 2 is 1.29 bits per heavy atom. The molecule has 298 valence electrons. The van der Waals surface area contributed by atoms with E-state index >= 15 is 0 Å². The number of aliphatic hydroxyl groups excluding tert-OH is 1. The molecule has 0 rings (SSSR count). The summed E-state index contributed by atoms with van der Waals surface area (Å²) in [6.07, 6.45) is 39.8. The summed E-state index contributed by atoms with van der Waals surface area (Å²) in [5.41, 5.74) is 5.32. The highest BCUT2D eigenvalue weighted by Gasteiger charge is 2.25. The molecule has 0 aromatic heterocycles. The van der Waals surface area contributed by atoms with Crippen LogP contribution in [-0.2, 0) is 32.7 Å². The summed E-state index contributed by atoms with van der Waals surface area (Å²) in [6.45, 7) is 3.41. The van der Waals surface area contributed by atoms with Crippen molar-refractivity contribution in [3.63, 3.8) is 0 Å². The number of allylic oxidation sites excluding steroid dienone is 10. The van der Waals surface area contributed by atoms with E-state index < -0.39 is 38.6 Å². The van der Waals surface area contributed by atoms with Gasteiger partial charge in [0.25, 0.3) is 0 Å². The summed E-state index contributed by atoms with van der Waals surface area (Å²) in [5, 5.41) is 9.97. The van der Waals surface area contributed by atoms with Crippen molar-refractivity contribution in [3.8, 4) is 0 Å². The lowest BCUT2D eigenvalue weighted by Gasteiger charge is -2.19. The molecule has 0 bridgehead atoms. The number of phosphoric acid groups is 1. The van der Waals surface area contributed by atoms with Crippen molar-refractivity contribution in [3.05, 3.63) is 72.9 Å². The first-order valence-electron chi connectivity index (χ1n) is 19.5. The Morgan fingerprint density at radius 3 is 1.94 bits per heavy atom. The Balaban J connectivity index is 4.40. The van der Waals surface area contributed by atoms with Gasteiger partial charge in [0.1, 0.15) is 6.61 Å². The van der Waals surface area contributed by atoms with Crippen LogP contribution in [0.3, 0.4) is 0 Å². The summed E-state index contributed by atoms with van der Waals surface area (Å²) in [4.78, 5) is 34.7. The van der Waals surface area contributed by atoms with Crippen molar-refractivity contribution in [2.75, 3.05) is 26.4 Å². The van der Waals surface area contributed by atoms with Crippen molar-refractivity contribution in [2.24, 2.45) is 5.73 Å². The maximum Gasteiger partial charge on any atom is 0.472 e. The molecule has 0 aromatic rings. The SMILES string of the molecule is CC/C=C\C/C=C\CC(O)/C=C/C=C\C/C=C\C/C=C\CCC(=O)OC[C@H](COP(=O)(O)OCCN)OC(=O)CCCCCCCCCCCCC. The first-order chi connectivity index (χ1) is 25.2. The molecule has 0 aliphatic heterocycles. The Hall–Kier alpha value is -2.59. The van der Waals surface area contributed by atoms with Crippen LogP contribution in [0.1, 0.15) is 136 Å². The van der Waals surface area contributed by atoms with E-state index in [0.717, 1.165) is 44.9 Å². The zero-order chi connectivity index (χ0) is 38.4. The molecule has 0 aromatic carbocycles. The third-order valence-electron chi connectivity index (χ3n) is 7.70. The van der Waals surface area contributed by atoms with Crippen LogP contribution in [0.4, 0.5) is 0 Å². The van der Waals surface area contributed by atoms with Crippen molar-refractivity contribution < 1.29 is 42.7 Å². The van der Waals surface area contributed by atoms with E-state index in [4.69, 9.17) is 24.3 Å². The van der Waals surface area contributed by atoms with E-state index in [-0.39, 0.29) is 32.6 Å². The molecule has 0 radical (unpaired) electrons. The minimum atomic E-state index is -4.40. The van der Waals surface area contributed by atoms with Crippen LogP contribution >= 0.6 is 7.82 Å². The van der Waals surface area contributed by atoms with Crippen LogP contribution in [0.2, 0.25) is 0 Å². The Labute approximate surface area is 314 Å². The van der Waals surface area contributed by atoms with E-state index in [0.29, 0.717) is 19.3 Å². The van der Waals surface area contributed by atoms with Gasteiger partial charge in [-0.1, -0.05) is 151 Å². The summed E-state index contributed by atoms with van der Waals surface area (Å²) in [7, 11) is -4.40. The molecule has 4 N–H and O–H groups in total. The number of hydrogen-bond acceptors (Lipinski definition) is 9. The minimum absolute atomic E-state index is 0.0336. The number of unbranched alkanes of at least 4 members (excludes halogenated alkanes) is 10. The quantitative estimate of drug-likeness (QED) is 0.0187. The van der Waals surface area contributed by atoms with Gasteiger partial charge in [0.15, 0.2) is 6.10 Å². The maximum absolute atomic E-state index is 12.5. The lowest BCUT2D eigenvalue weighted by Crippen LogP contribution is -2.29. The highest BCUT2D eigenvalue weighted by Crippen LogP contribution is 2.43. The molecule has 3 atom stereocenters. The molecular weight excluding hydrogens is 681 g/mol. The van der Waals surface area contributed by atoms with E-state index in [1.54, 1.807) is 6.08 Å². The van der Waals surface area contributed by atoms with E-state index in [1.165, 1.54) is 44.9 Å². The zero-order valence-corrected chi connectivity index (χ0v) is 33.0. The Kier molecular flexibility index (Phi) is 34.9. The van der Waals surface area contributed by atoms with Crippen molar-refractivity contribution in [1.82, 2.24) is 0 Å². The second-order valence-corrected chi connectivity index (χ2v) is 14.1. The standard InChI is InChI=1S/C41H70NO9P/c1-3-5-7-9-11-12-13-18-21-25-29-33-41(45)51-39(37-50-52(46,47)49-35-34-42)36-48-40(44)32-28-24-20-17-15-14-16-19-23-27-31-38(43)30-26-22-10-8-6-4-2/h6,8,14-15,19-20,22-24,26-27,31,38-39,43H,3-5,7,9-13,16-18,21,25,28-30,32-37,42H2,1-2H3,(H,46,47)/b8-6-,15-14-,23-19-,24-20-,26-22-,31-27+/t38?,39-/m1/s1. The molecule has 0 amide bonds. The first-order valence-corrected chi connectivity index (χ1v) is 21.0. The summed E-state index contributed by atoms with van der Waals surface area (Å²) < 4.78 is 32.5. The van der Waals surface area contributed by atoms with Crippen molar-refractivity contribution in [1.29, 1.82) is 0 Å². The summed E-state index contributed by atoms with van der Waals surface area (Å²) in [5.74, 6) is -0.964. The van der Waals surface area contributed by atoms with Crippen molar-refractivity contribution in [2.45, 2.75) is 148 Å². The predicted molar refractivity (Wildman–Crippen MR) is 212 cm³/mol. The fourth-order valence-electron chi connectivity index (χ4n) is 4.80. The molecule has 0 aliphatic carbocycles. The van der Waals surface area contributed by atoms with Gasteiger partial charge in [0.2, 0.25) is 0 Å². The van der Waals surface area contributed by atoms with E-state index in [9.17, 15) is 24.2 Å². The second kappa shape index (κ2) is 36.8. The topological polar surface area (TPSA) is 155 Å². The number of aliphatic hydroxyl groups is 1. The number of carbonyl (C=O) groups is 2. The van der Waals surface area contributed by atoms with Gasteiger partial charge in [-0.3, -0.25) is 18.6 Å². The van der Waals surface area contributed by atoms with E-state index in [2.05, 4.69) is 32.1 Å². The van der Waals surface area contributed by atoms with Gasteiger partial charge in [0, 0.05) is 19.4 Å². The smallest absolute Gasteiger partial charge is 0.462 e. The van der Waals surface area contributed by atoms with Gasteiger partial charge >= 0.3 is 19.8 Å².